The van der Waals surface area contributed by atoms with Gasteiger partial charge in [0.1, 0.15) is 29.9 Å². The minimum absolute atomic E-state index is 0.0852. The van der Waals surface area contributed by atoms with Crippen molar-refractivity contribution in [1.29, 1.82) is 0 Å². The largest absolute Gasteiger partial charge is 0.486 e. The van der Waals surface area contributed by atoms with Crippen molar-refractivity contribution < 1.29 is 26.7 Å². The number of nitrogens with two attached hydrogens (primary N) is 1. The molecule has 3 aromatic rings. The number of pyridine rings is 1. The first kappa shape index (κ1) is 21.7. The lowest BCUT2D eigenvalue weighted by molar-refractivity contribution is 0.0817. The number of nitrogens with one attached hydrogen (secondary N) is 1. The Labute approximate surface area is 168 Å². The van der Waals surface area contributed by atoms with E-state index in [4.69, 9.17) is 10.5 Å². The molecule has 1 aliphatic rings. The number of fused-ring (bicyclic) bond motifs is 1. The van der Waals surface area contributed by atoms with Crippen LogP contribution < -0.4 is 15.8 Å². The molecular weight excluding hydrogens is 411 g/mol. The van der Waals surface area contributed by atoms with Gasteiger partial charge in [0.25, 0.3) is 6.43 Å². The van der Waals surface area contributed by atoms with Crippen molar-refractivity contribution in [2.75, 3.05) is 25.4 Å². The van der Waals surface area contributed by atoms with Crippen molar-refractivity contribution in [2.45, 2.75) is 25.4 Å². The molecule has 1 aliphatic heterocycles. The maximum absolute atomic E-state index is 13.9. The number of anilines is 1. The van der Waals surface area contributed by atoms with Gasteiger partial charge in [-0.25, -0.2) is 36.4 Å². The molecule has 0 unspecified atom stereocenters. The third kappa shape index (κ3) is 5.32. The lowest BCUT2D eigenvalue weighted by atomic mass is 10.1. The zero-order valence-corrected chi connectivity index (χ0v) is 15.7. The summed E-state index contributed by atoms with van der Waals surface area (Å²) in [5.74, 6) is -2.29. The molecule has 162 valence electrons. The number of hydrogen-bond acceptors (Lipinski definition) is 6. The normalized spacial score (nSPS) is 14.6. The predicted octanol–water partition coefficient (Wildman–Crippen LogP) is 3.00. The zero-order valence-electron chi connectivity index (χ0n) is 15.7. The Bertz CT molecular complexity index is 993. The Morgan fingerprint density at radius 2 is 1.90 bits per heavy atom. The second-order valence-corrected chi connectivity index (χ2v) is 6.42. The zero-order chi connectivity index (χ0) is 21.7. The van der Waals surface area contributed by atoms with Gasteiger partial charge in [-0.2, -0.15) is 5.10 Å². The second-order valence-electron chi connectivity index (χ2n) is 6.42. The number of rotatable bonds is 4. The number of piperidine rings is 1. The summed E-state index contributed by atoms with van der Waals surface area (Å²) in [6.07, 6.45) is 0.691. The van der Waals surface area contributed by atoms with Crippen LogP contribution in [0.3, 0.4) is 0 Å². The van der Waals surface area contributed by atoms with Crippen LogP contribution in [0.1, 0.15) is 12.8 Å². The van der Waals surface area contributed by atoms with Crippen molar-refractivity contribution in [3.8, 4) is 17.1 Å². The van der Waals surface area contributed by atoms with Crippen LogP contribution in [0, 0.1) is 11.6 Å². The van der Waals surface area contributed by atoms with Crippen LogP contribution in [-0.2, 0) is 0 Å². The number of halogens is 5. The number of alkyl halides is 3. The quantitative estimate of drug-likeness (QED) is 0.619. The molecule has 3 aromatic heterocycles. The Hall–Kier alpha value is -3.02. The first-order chi connectivity index (χ1) is 14.3. The summed E-state index contributed by atoms with van der Waals surface area (Å²) in [5, 5.41) is 7.01. The molecule has 0 radical (unpaired) electrons. The van der Waals surface area contributed by atoms with Crippen LogP contribution in [0.5, 0.6) is 5.75 Å². The predicted molar refractivity (Wildman–Crippen MR) is 99.0 cm³/mol. The topological polar surface area (TPSA) is 90.4 Å². The van der Waals surface area contributed by atoms with Gasteiger partial charge in [0.05, 0.1) is 12.4 Å². The molecule has 0 saturated carbocycles. The minimum atomic E-state index is -2.62. The van der Waals surface area contributed by atoms with Gasteiger partial charge in [-0.15, -0.1) is 0 Å². The fourth-order valence-electron chi connectivity index (χ4n) is 2.71. The Morgan fingerprint density at radius 3 is 2.53 bits per heavy atom. The number of hydrogen-bond donors (Lipinski definition) is 2. The maximum atomic E-state index is 13.9. The van der Waals surface area contributed by atoms with Gasteiger partial charge >= 0.3 is 0 Å². The molecule has 3 N–H and O–H groups in total. The van der Waals surface area contributed by atoms with Crippen molar-refractivity contribution >= 4 is 11.5 Å². The molecule has 1 fully saturated rings. The highest BCUT2D eigenvalue weighted by Crippen LogP contribution is 2.25. The van der Waals surface area contributed by atoms with Gasteiger partial charge in [-0.1, -0.05) is 0 Å². The van der Waals surface area contributed by atoms with Gasteiger partial charge in [0, 0.05) is 12.1 Å². The van der Waals surface area contributed by atoms with E-state index in [1.165, 1.54) is 23.0 Å². The number of aromatic nitrogens is 4. The molecule has 0 aromatic carbocycles. The summed E-state index contributed by atoms with van der Waals surface area (Å²) in [7, 11) is 0. The molecular formula is C18H19F5N6O. The Kier molecular flexibility index (Phi) is 6.98. The fourth-order valence-corrected chi connectivity index (χ4v) is 2.71. The second kappa shape index (κ2) is 9.65. The van der Waals surface area contributed by atoms with E-state index in [0.717, 1.165) is 13.1 Å². The molecule has 4 heterocycles. The molecule has 0 bridgehead atoms. The van der Waals surface area contributed by atoms with Crippen LogP contribution in [0.2, 0.25) is 0 Å². The van der Waals surface area contributed by atoms with E-state index < -0.39 is 36.7 Å². The maximum Gasteiger partial charge on any atom is 0.272 e. The van der Waals surface area contributed by atoms with Crippen LogP contribution >= 0.6 is 0 Å². The number of nitrogens with zero attached hydrogens (tertiary/aromatic N) is 4. The van der Waals surface area contributed by atoms with Crippen molar-refractivity contribution in [2.24, 2.45) is 0 Å². The van der Waals surface area contributed by atoms with Crippen LogP contribution in [0.4, 0.5) is 27.8 Å². The molecule has 0 aliphatic carbocycles. The van der Waals surface area contributed by atoms with Crippen molar-refractivity contribution in [1.82, 2.24) is 24.9 Å². The van der Waals surface area contributed by atoms with E-state index in [2.05, 4.69) is 20.4 Å². The molecule has 0 atom stereocenters. The van der Waals surface area contributed by atoms with Crippen molar-refractivity contribution in [3.05, 3.63) is 36.2 Å². The first-order valence-corrected chi connectivity index (χ1v) is 9.06. The molecule has 7 nitrogen and oxygen atoms in total. The summed E-state index contributed by atoms with van der Waals surface area (Å²) in [6.45, 7) is 0.943. The number of nitrogen functional groups attached to an aromatic ring is 1. The molecule has 0 amide bonds. The number of ether oxygens (including phenoxy) is 1. The average Bonchev–Trinajstić information content (AvgIpc) is 3.13. The average molecular weight is 430 g/mol. The highest BCUT2D eigenvalue weighted by atomic mass is 19.3. The number of imidazole rings is 1. The Balaban J connectivity index is 0.000000310. The molecule has 4 rings (SSSR count). The summed E-state index contributed by atoms with van der Waals surface area (Å²) >= 11 is 0. The molecule has 1 saturated heterocycles. The van der Waals surface area contributed by atoms with Gasteiger partial charge in [-0.3, -0.25) is 0 Å². The highest BCUT2D eigenvalue weighted by Gasteiger charge is 2.17. The lowest BCUT2D eigenvalue weighted by Crippen LogP contribution is -2.28. The van der Waals surface area contributed by atoms with Crippen LogP contribution in [0.15, 0.2) is 24.5 Å². The first-order valence-electron chi connectivity index (χ1n) is 9.06. The monoisotopic (exact) mass is 430 g/mol. The van der Waals surface area contributed by atoms with E-state index in [-0.39, 0.29) is 22.8 Å². The van der Waals surface area contributed by atoms with Crippen LogP contribution in [-0.4, -0.2) is 51.9 Å². The summed E-state index contributed by atoms with van der Waals surface area (Å²) in [5.41, 5.74) is 5.45. The molecule has 0 spiro atoms. The third-order valence-electron chi connectivity index (χ3n) is 4.18. The van der Waals surface area contributed by atoms with E-state index in [1.807, 2.05) is 0 Å². The van der Waals surface area contributed by atoms with Gasteiger partial charge < -0.3 is 15.8 Å². The third-order valence-corrected chi connectivity index (χ3v) is 4.18. The van der Waals surface area contributed by atoms with Crippen LogP contribution in [0.25, 0.3) is 17.0 Å². The minimum Gasteiger partial charge on any atom is -0.486 e. The van der Waals surface area contributed by atoms with E-state index >= 15 is 0 Å². The fraction of sp³-hybridized carbons (Fsp3) is 0.389. The van der Waals surface area contributed by atoms with E-state index in [0.29, 0.717) is 18.9 Å². The Morgan fingerprint density at radius 1 is 1.17 bits per heavy atom. The van der Waals surface area contributed by atoms with E-state index in [9.17, 15) is 22.0 Å². The van der Waals surface area contributed by atoms with Crippen molar-refractivity contribution in [3.63, 3.8) is 0 Å². The smallest absolute Gasteiger partial charge is 0.272 e. The van der Waals surface area contributed by atoms with Gasteiger partial charge in [0.15, 0.2) is 23.1 Å². The summed E-state index contributed by atoms with van der Waals surface area (Å²) in [4.78, 5) is 7.61. The van der Waals surface area contributed by atoms with Gasteiger partial charge in [-0.05, 0) is 25.9 Å². The highest BCUT2D eigenvalue weighted by molar-refractivity contribution is 5.62. The standard InChI is InChI=1S/C13H9F4N5O.C5H10FN/c14-7-2-8(15)13(18)21-12(7)9-4-19-11-1-6(3-20-22(9)11)23-5-10(16)17;6-5-1-3-7-4-2-5/h1-4,10H,5H2,(H2,18,21);5,7H,1-4H2. The SMILES string of the molecule is FC1CCNCC1.Nc1nc(-c2cnc3cc(OCC(F)F)cnn23)c(F)cc1F. The summed E-state index contributed by atoms with van der Waals surface area (Å²) in [6, 6.07) is 1.96. The summed E-state index contributed by atoms with van der Waals surface area (Å²) < 4.78 is 69.5. The van der Waals surface area contributed by atoms with E-state index in [1.54, 1.807) is 0 Å². The lowest BCUT2D eigenvalue weighted by Gasteiger charge is -2.14. The van der Waals surface area contributed by atoms with Gasteiger partial charge in [0.2, 0.25) is 0 Å². The molecule has 30 heavy (non-hydrogen) atoms. The molecule has 12 heteroatoms.